The minimum atomic E-state index is 0.205. The lowest BCUT2D eigenvalue weighted by Crippen LogP contribution is -2.11. The highest BCUT2D eigenvalue weighted by atomic mass is 32.1. The first-order valence-corrected chi connectivity index (χ1v) is 7.49. The molecule has 1 aromatic heterocycles. The van der Waals surface area contributed by atoms with Gasteiger partial charge in [0.25, 0.3) is 0 Å². The molecule has 0 aliphatic carbocycles. The van der Waals surface area contributed by atoms with Gasteiger partial charge in [0, 0.05) is 17.5 Å². The van der Waals surface area contributed by atoms with Gasteiger partial charge in [0.05, 0.1) is 11.8 Å². The monoisotopic (exact) mass is 276 g/mol. The average molecular weight is 276 g/mol. The lowest BCUT2D eigenvalue weighted by Gasteiger charge is -2.09. The standard InChI is InChI=1S/C15H20N2OS/c1-4-16-9-15-17-14(10-19-15)12-5-7-13(8-6-12)18-11(2)3/h5-8,10-11,16H,4,9H2,1-3H3. The maximum atomic E-state index is 5.64. The summed E-state index contributed by atoms with van der Waals surface area (Å²) in [5.74, 6) is 0.904. The van der Waals surface area contributed by atoms with E-state index in [4.69, 9.17) is 4.74 Å². The fourth-order valence-electron chi connectivity index (χ4n) is 1.73. The molecule has 102 valence electrons. The van der Waals surface area contributed by atoms with Crippen molar-refractivity contribution in [2.24, 2.45) is 0 Å². The molecule has 0 radical (unpaired) electrons. The maximum Gasteiger partial charge on any atom is 0.119 e. The van der Waals surface area contributed by atoms with E-state index in [0.29, 0.717) is 0 Å². The lowest BCUT2D eigenvalue weighted by atomic mass is 10.2. The van der Waals surface area contributed by atoms with Crippen molar-refractivity contribution in [3.63, 3.8) is 0 Å². The largest absolute Gasteiger partial charge is 0.491 e. The first-order valence-electron chi connectivity index (χ1n) is 6.61. The summed E-state index contributed by atoms with van der Waals surface area (Å²) in [6.07, 6.45) is 0.205. The van der Waals surface area contributed by atoms with Gasteiger partial charge in [-0.05, 0) is 44.7 Å². The van der Waals surface area contributed by atoms with E-state index < -0.39 is 0 Å². The Balaban J connectivity index is 2.07. The summed E-state index contributed by atoms with van der Waals surface area (Å²) in [6, 6.07) is 8.12. The minimum absolute atomic E-state index is 0.205. The van der Waals surface area contributed by atoms with Crippen molar-refractivity contribution in [2.45, 2.75) is 33.4 Å². The first-order chi connectivity index (χ1) is 9.19. The van der Waals surface area contributed by atoms with E-state index in [-0.39, 0.29) is 6.10 Å². The van der Waals surface area contributed by atoms with E-state index in [9.17, 15) is 0 Å². The van der Waals surface area contributed by atoms with Crippen LogP contribution in [0.4, 0.5) is 0 Å². The zero-order valence-corrected chi connectivity index (χ0v) is 12.5. The van der Waals surface area contributed by atoms with Gasteiger partial charge in [0.1, 0.15) is 10.8 Å². The number of rotatable bonds is 6. The van der Waals surface area contributed by atoms with Crippen LogP contribution in [0.2, 0.25) is 0 Å². The van der Waals surface area contributed by atoms with Crippen molar-refractivity contribution in [3.8, 4) is 17.0 Å². The summed E-state index contributed by atoms with van der Waals surface area (Å²) < 4.78 is 5.64. The zero-order chi connectivity index (χ0) is 13.7. The predicted molar refractivity (Wildman–Crippen MR) is 80.7 cm³/mol. The highest BCUT2D eigenvalue weighted by Crippen LogP contribution is 2.24. The van der Waals surface area contributed by atoms with Crippen molar-refractivity contribution in [3.05, 3.63) is 34.7 Å². The molecule has 0 amide bonds. The van der Waals surface area contributed by atoms with Gasteiger partial charge in [0.2, 0.25) is 0 Å². The Kier molecular flexibility index (Phi) is 4.93. The molecule has 1 N–H and O–H groups in total. The van der Waals surface area contributed by atoms with Gasteiger partial charge in [-0.25, -0.2) is 4.98 Å². The molecule has 2 aromatic rings. The van der Waals surface area contributed by atoms with E-state index in [2.05, 4.69) is 34.7 Å². The molecule has 4 heteroatoms. The smallest absolute Gasteiger partial charge is 0.119 e. The summed E-state index contributed by atoms with van der Waals surface area (Å²) >= 11 is 1.69. The summed E-state index contributed by atoms with van der Waals surface area (Å²) in [5.41, 5.74) is 2.17. The van der Waals surface area contributed by atoms with Crippen LogP contribution in [0.15, 0.2) is 29.6 Å². The SMILES string of the molecule is CCNCc1nc(-c2ccc(OC(C)C)cc2)cs1. The molecule has 19 heavy (non-hydrogen) atoms. The number of aromatic nitrogens is 1. The lowest BCUT2D eigenvalue weighted by molar-refractivity contribution is 0.242. The number of ether oxygens (including phenoxy) is 1. The normalized spacial score (nSPS) is 10.9. The van der Waals surface area contributed by atoms with Gasteiger partial charge >= 0.3 is 0 Å². The third-order valence-corrected chi connectivity index (χ3v) is 3.45. The highest BCUT2D eigenvalue weighted by Gasteiger charge is 2.05. The first kappa shape index (κ1) is 14.0. The van der Waals surface area contributed by atoms with E-state index in [1.165, 1.54) is 0 Å². The second-order valence-electron chi connectivity index (χ2n) is 4.60. The Labute approximate surface area is 118 Å². The number of thiazole rings is 1. The average Bonchev–Trinajstić information content (AvgIpc) is 2.85. The van der Waals surface area contributed by atoms with Crippen LogP contribution in [0.25, 0.3) is 11.3 Å². The summed E-state index contributed by atoms with van der Waals surface area (Å²) in [5, 5.41) is 6.51. The number of hydrogen-bond donors (Lipinski definition) is 1. The molecular formula is C15H20N2OS. The van der Waals surface area contributed by atoms with Gasteiger partial charge in [-0.15, -0.1) is 11.3 Å². The molecule has 0 spiro atoms. The van der Waals surface area contributed by atoms with Crippen LogP contribution in [0.1, 0.15) is 25.8 Å². The van der Waals surface area contributed by atoms with Gasteiger partial charge in [0.15, 0.2) is 0 Å². The summed E-state index contributed by atoms with van der Waals surface area (Å²) in [6.45, 7) is 7.97. The Hall–Kier alpha value is -1.39. The highest BCUT2D eigenvalue weighted by molar-refractivity contribution is 7.09. The van der Waals surface area contributed by atoms with E-state index in [0.717, 1.165) is 35.1 Å². The molecule has 1 heterocycles. The number of benzene rings is 1. The topological polar surface area (TPSA) is 34.2 Å². The molecule has 3 nitrogen and oxygen atoms in total. The molecule has 1 aromatic carbocycles. The van der Waals surface area contributed by atoms with E-state index in [1.54, 1.807) is 11.3 Å². The van der Waals surface area contributed by atoms with E-state index >= 15 is 0 Å². The quantitative estimate of drug-likeness (QED) is 0.873. The number of nitrogens with zero attached hydrogens (tertiary/aromatic N) is 1. The molecule has 0 atom stereocenters. The van der Waals surface area contributed by atoms with Crippen molar-refractivity contribution >= 4 is 11.3 Å². The third kappa shape index (κ3) is 4.04. The van der Waals surface area contributed by atoms with Crippen LogP contribution in [-0.2, 0) is 6.54 Å². The molecule has 0 fully saturated rings. The molecule has 2 rings (SSSR count). The van der Waals surface area contributed by atoms with Crippen LogP contribution in [0, 0.1) is 0 Å². The Morgan fingerprint density at radius 1 is 1.26 bits per heavy atom. The Morgan fingerprint density at radius 3 is 2.63 bits per heavy atom. The van der Waals surface area contributed by atoms with Crippen LogP contribution < -0.4 is 10.1 Å². The molecule has 0 saturated carbocycles. The van der Waals surface area contributed by atoms with Crippen LogP contribution >= 0.6 is 11.3 Å². The van der Waals surface area contributed by atoms with Gasteiger partial charge in [-0.3, -0.25) is 0 Å². The molecule has 0 aliphatic rings. The molecule has 0 aliphatic heterocycles. The second-order valence-corrected chi connectivity index (χ2v) is 5.54. The Morgan fingerprint density at radius 2 is 2.00 bits per heavy atom. The Bertz CT molecular complexity index is 505. The number of nitrogens with one attached hydrogen (secondary N) is 1. The van der Waals surface area contributed by atoms with Crippen molar-refractivity contribution < 1.29 is 4.74 Å². The summed E-state index contributed by atoms with van der Waals surface area (Å²) in [7, 11) is 0. The van der Waals surface area contributed by atoms with Crippen LogP contribution in [0.3, 0.4) is 0 Å². The van der Waals surface area contributed by atoms with Crippen molar-refractivity contribution in [1.29, 1.82) is 0 Å². The van der Waals surface area contributed by atoms with Crippen molar-refractivity contribution in [1.82, 2.24) is 10.3 Å². The zero-order valence-electron chi connectivity index (χ0n) is 11.6. The van der Waals surface area contributed by atoms with Crippen LogP contribution in [-0.4, -0.2) is 17.6 Å². The van der Waals surface area contributed by atoms with Gasteiger partial charge < -0.3 is 10.1 Å². The summed E-state index contributed by atoms with van der Waals surface area (Å²) in [4.78, 5) is 4.62. The third-order valence-electron chi connectivity index (χ3n) is 2.60. The molecule has 0 bridgehead atoms. The maximum absolute atomic E-state index is 5.64. The fourth-order valence-corrected chi connectivity index (χ4v) is 2.51. The van der Waals surface area contributed by atoms with Gasteiger partial charge in [-0.1, -0.05) is 6.92 Å². The molecule has 0 saturated heterocycles. The van der Waals surface area contributed by atoms with Crippen molar-refractivity contribution in [2.75, 3.05) is 6.54 Å². The molecule has 0 unspecified atom stereocenters. The predicted octanol–water partition coefficient (Wildman–Crippen LogP) is 3.71. The van der Waals surface area contributed by atoms with Gasteiger partial charge in [-0.2, -0.15) is 0 Å². The number of hydrogen-bond acceptors (Lipinski definition) is 4. The molecular weight excluding hydrogens is 256 g/mol. The van der Waals surface area contributed by atoms with Crippen LogP contribution in [0.5, 0.6) is 5.75 Å². The second kappa shape index (κ2) is 6.68. The minimum Gasteiger partial charge on any atom is -0.491 e. The fraction of sp³-hybridized carbons (Fsp3) is 0.400. The van der Waals surface area contributed by atoms with E-state index in [1.807, 2.05) is 26.0 Å².